The summed E-state index contributed by atoms with van der Waals surface area (Å²) in [5, 5.41) is 0. The van der Waals surface area contributed by atoms with Crippen LogP contribution in [0.5, 0.6) is 0 Å². The van der Waals surface area contributed by atoms with Gasteiger partial charge in [0.1, 0.15) is 5.78 Å². The fourth-order valence-electron chi connectivity index (χ4n) is 1.79. The van der Waals surface area contributed by atoms with E-state index in [2.05, 4.69) is 6.92 Å². The van der Waals surface area contributed by atoms with Crippen LogP contribution < -0.4 is 0 Å². The van der Waals surface area contributed by atoms with Crippen LogP contribution in [0.15, 0.2) is 0 Å². The Kier molecular flexibility index (Phi) is 9.16. The van der Waals surface area contributed by atoms with Crippen molar-refractivity contribution in [1.82, 2.24) is 0 Å². The summed E-state index contributed by atoms with van der Waals surface area (Å²) in [6, 6.07) is 0. The predicted molar refractivity (Wildman–Crippen MR) is 67.0 cm³/mol. The zero-order valence-electron chi connectivity index (χ0n) is 10.9. The smallest absolute Gasteiger partial charge is 0.209 e. The molecule has 0 amide bonds. The quantitative estimate of drug-likeness (QED) is 0.420. The molecule has 0 rings (SSSR count). The van der Waals surface area contributed by atoms with E-state index in [1.807, 2.05) is 20.1 Å². The fourth-order valence-corrected chi connectivity index (χ4v) is 1.79. The van der Waals surface area contributed by atoms with Crippen LogP contribution in [-0.4, -0.2) is 12.1 Å². The number of Topliss-reactive ketones (excluding diaryl/α,β-unsaturated/α-hetero) is 1. The molecule has 0 aliphatic rings. The highest BCUT2D eigenvalue weighted by molar-refractivity contribution is 5.94. The van der Waals surface area contributed by atoms with Gasteiger partial charge in [-0.15, -0.1) is 0 Å². The van der Waals surface area contributed by atoms with Gasteiger partial charge < -0.3 is 0 Å². The van der Waals surface area contributed by atoms with Gasteiger partial charge in [-0.1, -0.05) is 59.3 Å². The van der Waals surface area contributed by atoms with Crippen molar-refractivity contribution in [3.63, 3.8) is 0 Å². The second kappa shape index (κ2) is 9.56. The Morgan fingerprint density at radius 1 is 1.06 bits per heavy atom. The number of carbonyl (C=O) groups is 1. The van der Waals surface area contributed by atoms with Gasteiger partial charge >= 0.3 is 0 Å². The summed E-state index contributed by atoms with van der Waals surface area (Å²) in [7, 11) is 0. The molecule has 0 spiro atoms. The lowest BCUT2D eigenvalue weighted by atomic mass is 9.91. The first kappa shape index (κ1) is 15.3. The molecule has 1 unspecified atom stereocenters. The minimum atomic E-state index is -0.480. The van der Waals surface area contributed by atoms with Crippen molar-refractivity contribution in [2.75, 3.05) is 0 Å². The minimum absolute atomic E-state index is 0.0450. The third-order valence-corrected chi connectivity index (χ3v) is 2.90. The van der Waals surface area contributed by atoms with Gasteiger partial charge in [-0.2, -0.15) is 0 Å². The largest absolute Gasteiger partial charge is 0.299 e. The first-order chi connectivity index (χ1) is 7.63. The Balaban J connectivity index is 3.64. The monoisotopic (exact) mass is 225 g/mol. The van der Waals surface area contributed by atoms with Crippen LogP contribution in [0.4, 0.5) is 0 Å². The van der Waals surface area contributed by atoms with Gasteiger partial charge in [0.25, 0.3) is 0 Å². The summed E-state index contributed by atoms with van der Waals surface area (Å²) in [4.78, 5) is 22.2. The van der Waals surface area contributed by atoms with Gasteiger partial charge in [-0.05, 0) is 6.42 Å². The van der Waals surface area contributed by atoms with E-state index in [-0.39, 0.29) is 11.7 Å². The Bertz CT molecular complexity index is 197. The summed E-state index contributed by atoms with van der Waals surface area (Å²) in [6.45, 7) is 5.88. The molecule has 0 fully saturated rings. The molecule has 93 valence electrons. The van der Waals surface area contributed by atoms with Crippen LogP contribution in [0, 0.1) is 11.8 Å². The maximum Gasteiger partial charge on any atom is 0.209 e. The van der Waals surface area contributed by atoms with E-state index in [9.17, 15) is 9.59 Å². The third-order valence-electron chi connectivity index (χ3n) is 2.90. The summed E-state index contributed by atoms with van der Waals surface area (Å²) in [6.07, 6.45) is 9.69. The van der Waals surface area contributed by atoms with Crippen LogP contribution in [0.25, 0.3) is 0 Å². The van der Waals surface area contributed by atoms with E-state index in [1.54, 1.807) is 0 Å². The topological polar surface area (TPSA) is 34.1 Å². The van der Waals surface area contributed by atoms with Gasteiger partial charge in [0.05, 0.1) is 5.92 Å². The molecule has 0 aliphatic carbocycles. The van der Waals surface area contributed by atoms with E-state index in [4.69, 9.17) is 0 Å². The first-order valence-electron chi connectivity index (χ1n) is 6.54. The normalized spacial score (nSPS) is 12.8. The van der Waals surface area contributed by atoms with Crippen molar-refractivity contribution in [2.24, 2.45) is 11.8 Å². The zero-order valence-corrected chi connectivity index (χ0v) is 10.9. The molecule has 2 heteroatoms. The standard InChI is InChI=1S/C14H25O2/c1-4-5-6-7-8-9-10-13(11-15)14(16)12(2)3/h12-13H,4-10H2,1-3H3. The highest BCUT2D eigenvalue weighted by Gasteiger charge is 2.20. The molecule has 2 nitrogen and oxygen atoms in total. The predicted octanol–water partition coefficient (Wildman–Crippen LogP) is 3.69. The zero-order chi connectivity index (χ0) is 12.4. The molecule has 0 saturated heterocycles. The molecule has 1 radical (unpaired) electrons. The van der Waals surface area contributed by atoms with Crippen LogP contribution in [-0.2, 0) is 9.59 Å². The second-order valence-corrected chi connectivity index (χ2v) is 4.78. The summed E-state index contributed by atoms with van der Waals surface area (Å²) in [5.41, 5.74) is 0. The third kappa shape index (κ3) is 6.76. The van der Waals surface area contributed by atoms with Gasteiger partial charge in [0.15, 0.2) is 0 Å². The lowest BCUT2D eigenvalue weighted by Crippen LogP contribution is -2.21. The van der Waals surface area contributed by atoms with Crippen molar-refractivity contribution in [3.8, 4) is 0 Å². The van der Waals surface area contributed by atoms with Crippen LogP contribution in [0.1, 0.15) is 65.7 Å². The van der Waals surface area contributed by atoms with Crippen molar-refractivity contribution < 1.29 is 9.59 Å². The number of hydrogen-bond donors (Lipinski definition) is 0. The maximum absolute atomic E-state index is 11.6. The van der Waals surface area contributed by atoms with Crippen molar-refractivity contribution >= 4 is 12.1 Å². The molecule has 0 aromatic rings. The van der Waals surface area contributed by atoms with E-state index < -0.39 is 5.92 Å². The summed E-state index contributed by atoms with van der Waals surface area (Å²) < 4.78 is 0. The van der Waals surface area contributed by atoms with Gasteiger partial charge in [0.2, 0.25) is 6.29 Å². The summed E-state index contributed by atoms with van der Waals surface area (Å²) >= 11 is 0. The number of unbranched alkanes of at least 4 members (excludes halogenated alkanes) is 5. The van der Waals surface area contributed by atoms with E-state index in [0.29, 0.717) is 6.42 Å². The van der Waals surface area contributed by atoms with E-state index >= 15 is 0 Å². The number of rotatable bonds is 10. The average molecular weight is 225 g/mol. The minimum Gasteiger partial charge on any atom is -0.299 e. The second-order valence-electron chi connectivity index (χ2n) is 4.78. The maximum atomic E-state index is 11.6. The Morgan fingerprint density at radius 3 is 2.12 bits per heavy atom. The summed E-state index contributed by atoms with van der Waals surface area (Å²) in [5.74, 6) is -0.485. The molecular formula is C14H25O2. The first-order valence-corrected chi connectivity index (χ1v) is 6.54. The molecule has 0 aliphatic heterocycles. The van der Waals surface area contributed by atoms with Crippen molar-refractivity contribution in [1.29, 1.82) is 0 Å². The number of ketones is 1. The highest BCUT2D eigenvalue weighted by atomic mass is 16.1. The Hall–Kier alpha value is -0.660. The average Bonchev–Trinajstić information content (AvgIpc) is 2.27. The fraction of sp³-hybridized carbons (Fsp3) is 0.857. The molecular weight excluding hydrogens is 200 g/mol. The molecule has 0 saturated carbocycles. The van der Waals surface area contributed by atoms with Gasteiger partial charge in [-0.3, -0.25) is 9.59 Å². The Labute approximate surface area is 99.8 Å². The highest BCUT2D eigenvalue weighted by Crippen LogP contribution is 2.14. The van der Waals surface area contributed by atoms with Crippen LogP contribution in [0.2, 0.25) is 0 Å². The molecule has 0 aromatic heterocycles. The molecule has 0 heterocycles. The Morgan fingerprint density at radius 2 is 1.62 bits per heavy atom. The lowest BCUT2D eigenvalue weighted by molar-refractivity contribution is -0.124. The van der Waals surface area contributed by atoms with E-state index in [1.165, 1.54) is 25.7 Å². The molecule has 0 aromatic carbocycles. The molecule has 16 heavy (non-hydrogen) atoms. The number of carbonyl (C=O) groups excluding carboxylic acids is 2. The molecule has 0 N–H and O–H groups in total. The van der Waals surface area contributed by atoms with Crippen LogP contribution in [0.3, 0.4) is 0 Å². The van der Waals surface area contributed by atoms with E-state index in [0.717, 1.165) is 12.8 Å². The van der Waals surface area contributed by atoms with Gasteiger partial charge in [-0.25, -0.2) is 0 Å². The molecule has 1 atom stereocenters. The lowest BCUT2D eigenvalue weighted by Gasteiger charge is -2.10. The molecule has 0 bridgehead atoms. The number of hydrogen-bond acceptors (Lipinski definition) is 2. The van der Waals surface area contributed by atoms with Gasteiger partial charge in [0, 0.05) is 5.92 Å². The van der Waals surface area contributed by atoms with Crippen molar-refractivity contribution in [3.05, 3.63) is 0 Å². The van der Waals surface area contributed by atoms with Crippen LogP contribution >= 0.6 is 0 Å². The SMILES string of the molecule is CCCCCCCCC([C]=O)C(=O)C(C)C. The van der Waals surface area contributed by atoms with Crippen molar-refractivity contribution in [2.45, 2.75) is 65.7 Å².